The fraction of sp³-hybridized carbons (Fsp3) is 0.455. The lowest BCUT2D eigenvalue weighted by Crippen LogP contribution is -2.48. The van der Waals surface area contributed by atoms with Gasteiger partial charge in [0.05, 0.1) is 14.2 Å². The van der Waals surface area contributed by atoms with Crippen molar-refractivity contribution in [3.8, 4) is 17.2 Å². The highest BCUT2D eigenvalue weighted by Crippen LogP contribution is 2.32. The lowest BCUT2D eigenvalue weighted by atomic mass is 10.0. The Morgan fingerprint density at radius 2 is 1.78 bits per heavy atom. The van der Waals surface area contributed by atoms with Gasteiger partial charge in [-0.2, -0.15) is 0 Å². The van der Waals surface area contributed by atoms with Crippen molar-refractivity contribution in [3.05, 3.63) is 53.6 Å². The molecular formula is C22H29NO4. The second kappa shape index (κ2) is 9.11. The first-order valence-electron chi connectivity index (χ1n) is 9.50. The highest BCUT2D eigenvalue weighted by Gasteiger charge is 2.29. The Kier molecular flexibility index (Phi) is 6.58. The fourth-order valence-electron chi connectivity index (χ4n) is 3.62. The summed E-state index contributed by atoms with van der Waals surface area (Å²) in [5.74, 6) is 1.97. The number of hydrogen-bond acceptors (Lipinski definition) is 5. The van der Waals surface area contributed by atoms with Crippen LogP contribution in [0.4, 0.5) is 0 Å². The third-order valence-electron chi connectivity index (χ3n) is 5.14. The molecule has 5 nitrogen and oxygen atoms in total. The zero-order valence-electron chi connectivity index (χ0n) is 16.4. The molecule has 1 heterocycles. The maximum absolute atomic E-state index is 10.6. The van der Waals surface area contributed by atoms with Crippen molar-refractivity contribution in [1.29, 1.82) is 0 Å². The van der Waals surface area contributed by atoms with Crippen molar-refractivity contribution in [1.82, 2.24) is 4.90 Å². The number of piperidine rings is 1. The van der Waals surface area contributed by atoms with Gasteiger partial charge in [0, 0.05) is 25.7 Å². The highest BCUT2D eigenvalue weighted by atomic mass is 16.5. The summed E-state index contributed by atoms with van der Waals surface area (Å²) in [5.41, 5.74) is 2.71. The topological polar surface area (TPSA) is 51.2 Å². The van der Waals surface area contributed by atoms with E-state index in [1.807, 2.05) is 12.1 Å². The third-order valence-corrected chi connectivity index (χ3v) is 5.14. The van der Waals surface area contributed by atoms with Gasteiger partial charge in [0.1, 0.15) is 18.0 Å². The number of methoxy groups -OCH3 is 2. The van der Waals surface area contributed by atoms with E-state index in [9.17, 15) is 5.11 Å². The van der Waals surface area contributed by atoms with Gasteiger partial charge in [-0.1, -0.05) is 31.2 Å². The molecule has 0 bridgehead atoms. The number of ether oxygens (including phenoxy) is 3. The molecule has 1 saturated heterocycles. The van der Waals surface area contributed by atoms with Crippen molar-refractivity contribution >= 4 is 0 Å². The normalized spacial score (nSPS) is 20.3. The molecule has 1 N–H and O–H groups in total. The summed E-state index contributed by atoms with van der Waals surface area (Å²) in [6.07, 6.45) is 1.06. The van der Waals surface area contributed by atoms with Crippen molar-refractivity contribution in [3.63, 3.8) is 0 Å². The molecule has 0 unspecified atom stereocenters. The van der Waals surface area contributed by atoms with Gasteiger partial charge in [0.15, 0.2) is 11.5 Å². The van der Waals surface area contributed by atoms with Gasteiger partial charge in [0.25, 0.3) is 0 Å². The smallest absolute Gasteiger partial charge is 0.164 e. The van der Waals surface area contributed by atoms with E-state index < -0.39 is 6.10 Å². The third kappa shape index (κ3) is 4.73. The monoisotopic (exact) mass is 371 g/mol. The zero-order chi connectivity index (χ0) is 19.2. The van der Waals surface area contributed by atoms with Crippen LogP contribution in [0.1, 0.15) is 24.5 Å². The predicted molar refractivity (Wildman–Crippen MR) is 106 cm³/mol. The Balaban J connectivity index is 1.60. The van der Waals surface area contributed by atoms with E-state index in [4.69, 9.17) is 14.2 Å². The quantitative estimate of drug-likeness (QED) is 0.809. The largest absolute Gasteiger partial charge is 0.493 e. The molecule has 0 aliphatic carbocycles. The van der Waals surface area contributed by atoms with E-state index in [1.54, 1.807) is 20.3 Å². The van der Waals surface area contributed by atoms with E-state index in [0.29, 0.717) is 23.8 Å². The molecule has 1 aliphatic rings. The van der Waals surface area contributed by atoms with Crippen LogP contribution in [-0.4, -0.2) is 49.5 Å². The van der Waals surface area contributed by atoms with Crippen LogP contribution in [0, 0.1) is 0 Å². The molecular weight excluding hydrogens is 342 g/mol. The Hall–Kier alpha value is -2.24. The molecule has 3 rings (SSSR count). The van der Waals surface area contributed by atoms with Crippen LogP contribution in [0.3, 0.4) is 0 Å². The van der Waals surface area contributed by atoms with Gasteiger partial charge >= 0.3 is 0 Å². The van der Waals surface area contributed by atoms with Gasteiger partial charge in [-0.25, -0.2) is 0 Å². The maximum Gasteiger partial charge on any atom is 0.164 e. The minimum absolute atomic E-state index is 0.222. The molecule has 146 valence electrons. The molecule has 0 spiro atoms. The summed E-state index contributed by atoms with van der Waals surface area (Å²) in [6, 6.07) is 14.0. The standard InChI is InChI=1S/C22H29NO4/c1-4-16-7-5-6-8-17(16)14-23-12-11-20(19(24)15-23)27-18-9-10-21(25-2)22(13-18)26-3/h5-10,13,19-20,24H,4,11-12,14-15H2,1-3H3/t19-,20-/m1/s1. The van der Waals surface area contributed by atoms with Crippen LogP contribution < -0.4 is 14.2 Å². The molecule has 5 heteroatoms. The Morgan fingerprint density at radius 1 is 1.04 bits per heavy atom. The molecule has 1 aliphatic heterocycles. The number of rotatable bonds is 7. The number of β-amino-alcohol motifs (C(OH)–C–C–N with tert-alkyl or cyclic N) is 1. The summed E-state index contributed by atoms with van der Waals surface area (Å²) < 4.78 is 16.6. The molecule has 2 atom stereocenters. The van der Waals surface area contributed by atoms with Crippen LogP contribution in [0.25, 0.3) is 0 Å². The summed E-state index contributed by atoms with van der Waals surface area (Å²) in [5, 5.41) is 10.6. The van der Waals surface area contributed by atoms with Crippen molar-refractivity contribution in [2.45, 2.75) is 38.5 Å². The van der Waals surface area contributed by atoms with Gasteiger partial charge in [-0.15, -0.1) is 0 Å². The molecule has 0 radical (unpaired) electrons. The summed E-state index contributed by atoms with van der Waals surface area (Å²) in [4.78, 5) is 2.30. The van der Waals surface area contributed by atoms with Gasteiger partial charge in [0.2, 0.25) is 0 Å². The number of aryl methyl sites for hydroxylation is 1. The summed E-state index contributed by atoms with van der Waals surface area (Å²) in [6.45, 7) is 4.55. The molecule has 27 heavy (non-hydrogen) atoms. The van der Waals surface area contributed by atoms with E-state index in [-0.39, 0.29) is 6.10 Å². The molecule has 2 aromatic rings. The second-order valence-corrected chi connectivity index (χ2v) is 6.89. The van der Waals surface area contributed by atoms with Crippen LogP contribution in [-0.2, 0) is 13.0 Å². The number of aliphatic hydroxyl groups is 1. The Bertz CT molecular complexity index is 749. The van der Waals surface area contributed by atoms with Gasteiger partial charge in [-0.3, -0.25) is 4.90 Å². The predicted octanol–water partition coefficient (Wildman–Crippen LogP) is 3.28. The zero-order valence-corrected chi connectivity index (χ0v) is 16.4. The number of likely N-dealkylation sites (tertiary alicyclic amines) is 1. The lowest BCUT2D eigenvalue weighted by Gasteiger charge is -2.36. The second-order valence-electron chi connectivity index (χ2n) is 6.89. The molecule has 1 fully saturated rings. The number of aliphatic hydroxyl groups excluding tert-OH is 1. The average Bonchev–Trinajstić information content (AvgIpc) is 2.70. The maximum atomic E-state index is 10.6. The molecule has 2 aromatic carbocycles. The number of nitrogens with zero attached hydrogens (tertiary/aromatic N) is 1. The molecule has 0 aromatic heterocycles. The fourth-order valence-corrected chi connectivity index (χ4v) is 3.62. The number of hydrogen-bond donors (Lipinski definition) is 1. The minimum atomic E-state index is -0.527. The van der Waals surface area contributed by atoms with Crippen molar-refractivity contribution in [2.24, 2.45) is 0 Å². The lowest BCUT2D eigenvalue weighted by molar-refractivity contribution is -0.0276. The van der Waals surface area contributed by atoms with Crippen LogP contribution >= 0.6 is 0 Å². The van der Waals surface area contributed by atoms with Crippen molar-refractivity contribution < 1.29 is 19.3 Å². The number of benzene rings is 2. The Labute approximate surface area is 161 Å². The van der Waals surface area contributed by atoms with Crippen LogP contribution in [0.15, 0.2) is 42.5 Å². The van der Waals surface area contributed by atoms with Gasteiger partial charge in [-0.05, 0) is 36.1 Å². The molecule has 0 amide bonds. The van der Waals surface area contributed by atoms with Crippen LogP contribution in [0.2, 0.25) is 0 Å². The highest BCUT2D eigenvalue weighted by molar-refractivity contribution is 5.45. The molecule has 0 saturated carbocycles. The van der Waals surface area contributed by atoms with E-state index in [1.165, 1.54) is 11.1 Å². The van der Waals surface area contributed by atoms with E-state index >= 15 is 0 Å². The average molecular weight is 371 g/mol. The van der Waals surface area contributed by atoms with E-state index in [2.05, 4.69) is 36.1 Å². The summed E-state index contributed by atoms with van der Waals surface area (Å²) >= 11 is 0. The SMILES string of the molecule is CCc1ccccc1CN1CC[C@@H](Oc2ccc(OC)c(OC)c2)[C@H](O)C1. The van der Waals surface area contributed by atoms with Crippen molar-refractivity contribution in [2.75, 3.05) is 27.3 Å². The first kappa shape index (κ1) is 19.5. The summed E-state index contributed by atoms with van der Waals surface area (Å²) in [7, 11) is 3.21. The Morgan fingerprint density at radius 3 is 2.44 bits per heavy atom. The van der Waals surface area contributed by atoms with Crippen LogP contribution in [0.5, 0.6) is 17.2 Å². The first-order valence-corrected chi connectivity index (χ1v) is 9.50. The first-order chi connectivity index (χ1) is 13.1. The van der Waals surface area contributed by atoms with Gasteiger partial charge < -0.3 is 19.3 Å². The minimum Gasteiger partial charge on any atom is -0.493 e. The van der Waals surface area contributed by atoms with E-state index in [0.717, 1.165) is 25.9 Å².